The highest BCUT2D eigenvalue weighted by Crippen LogP contribution is 2.27. The summed E-state index contributed by atoms with van der Waals surface area (Å²) in [6.07, 6.45) is 11.3. The summed E-state index contributed by atoms with van der Waals surface area (Å²) in [7, 11) is 1.95. The molecule has 0 aromatic carbocycles. The van der Waals surface area contributed by atoms with Crippen molar-refractivity contribution in [2.75, 3.05) is 0 Å². The summed E-state index contributed by atoms with van der Waals surface area (Å²) in [5.74, 6) is 1.62. The van der Waals surface area contributed by atoms with Gasteiger partial charge in [0.25, 0.3) is 0 Å². The van der Waals surface area contributed by atoms with Crippen molar-refractivity contribution < 1.29 is 5.11 Å². The predicted octanol–water partition coefficient (Wildman–Crippen LogP) is 1.62. The Bertz CT molecular complexity index is 358. The van der Waals surface area contributed by atoms with E-state index in [4.69, 9.17) is 5.73 Å². The van der Waals surface area contributed by atoms with Crippen LogP contribution < -0.4 is 5.73 Å². The number of hydrogen-bond donors (Lipinski definition) is 2. The third-order valence-electron chi connectivity index (χ3n) is 4.14. The van der Waals surface area contributed by atoms with Crippen LogP contribution in [-0.2, 0) is 13.5 Å². The van der Waals surface area contributed by atoms with E-state index in [2.05, 4.69) is 4.98 Å². The van der Waals surface area contributed by atoms with Crippen molar-refractivity contribution in [2.45, 2.75) is 57.1 Å². The number of aliphatic hydroxyl groups is 1. The van der Waals surface area contributed by atoms with Crippen LogP contribution in [0.3, 0.4) is 0 Å². The molecule has 0 radical (unpaired) electrons. The van der Waals surface area contributed by atoms with Crippen molar-refractivity contribution in [3.8, 4) is 0 Å². The lowest BCUT2D eigenvalue weighted by Gasteiger charge is -2.27. The number of nitrogens with zero attached hydrogens (tertiary/aromatic N) is 2. The third-order valence-corrected chi connectivity index (χ3v) is 4.14. The molecule has 4 nitrogen and oxygen atoms in total. The number of aliphatic hydroxyl groups excluding tert-OH is 1. The number of nitrogens with two attached hydrogens (primary N) is 1. The second-order valence-corrected chi connectivity index (χ2v) is 5.63. The summed E-state index contributed by atoms with van der Waals surface area (Å²) in [6, 6.07) is -0.121. The summed E-state index contributed by atoms with van der Waals surface area (Å²) in [6.45, 7) is 0. The van der Waals surface area contributed by atoms with Gasteiger partial charge < -0.3 is 15.4 Å². The molecule has 18 heavy (non-hydrogen) atoms. The van der Waals surface area contributed by atoms with E-state index in [-0.39, 0.29) is 6.04 Å². The Labute approximate surface area is 109 Å². The highest BCUT2D eigenvalue weighted by Gasteiger charge is 2.22. The van der Waals surface area contributed by atoms with Crippen LogP contribution in [0.25, 0.3) is 0 Å². The number of aromatic nitrogens is 2. The van der Waals surface area contributed by atoms with Crippen LogP contribution in [0.4, 0.5) is 0 Å². The van der Waals surface area contributed by atoms with Gasteiger partial charge in [0.15, 0.2) is 0 Å². The Morgan fingerprint density at radius 1 is 1.44 bits per heavy atom. The zero-order chi connectivity index (χ0) is 13.0. The van der Waals surface area contributed by atoms with Gasteiger partial charge in [-0.2, -0.15) is 0 Å². The third kappa shape index (κ3) is 3.56. The second kappa shape index (κ2) is 6.34. The number of rotatable bonds is 5. The molecule has 4 heteroatoms. The average Bonchev–Trinajstić information content (AvgIpc) is 2.76. The first kappa shape index (κ1) is 13.6. The van der Waals surface area contributed by atoms with E-state index in [0.29, 0.717) is 12.3 Å². The van der Waals surface area contributed by atoms with Crippen LogP contribution >= 0.6 is 0 Å². The van der Waals surface area contributed by atoms with Crippen LogP contribution in [0.5, 0.6) is 0 Å². The molecule has 1 aliphatic carbocycles. The molecule has 2 rings (SSSR count). The average molecular weight is 251 g/mol. The van der Waals surface area contributed by atoms with Gasteiger partial charge >= 0.3 is 0 Å². The molecule has 1 heterocycles. The van der Waals surface area contributed by atoms with Gasteiger partial charge in [-0.1, -0.05) is 32.1 Å². The van der Waals surface area contributed by atoms with Gasteiger partial charge in [0.1, 0.15) is 5.82 Å². The second-order valence-electron chi connectivity index (χ2n) is 5.63. The van der Waals surface area contributed by atoms with Gasteiger partial charge in [0, 0.05) is 31.9 Å². The molecule has 1 aliphatic rings. The summed E-state index contributed by atoms with van der Waals surface area (Å²) >= 11 is 0. The minimum absolute atomic E-state index is 0.121. The zero-order valence-corrected chi connectivity index (χ0v) is 11.3. The van der Waals surface area contributed by atoms with Crippen LogP contribution in [0, 0.1) is 5.92 Å². The van der Waals surface area contributed by atoms with Gasteiger partial charge in [-0.25, -0.2) is 4.98 Å². The van der Waals surface area contributed by atoms with Gasteiger partial charge in [0.05, 0.1) is 6.10 Å². The Morgan fingerprint density at radius 3 is 2.78 bits per heavy atom. The molecule has 2 atom stereocenters. The summed E-state index contributed by atoms with van der Waals surface area (Å²) in [5.41, 5.74) is 6.13. The summed E-state index contributed by atoms with van der Waals surface area (Å²) in [5, 5.41) is 10.2. The fourth-order valence-electron chi connectivity index (χ4n) is 2.90. The molecule has 0 bridgehead atoms. The topological polar surface area (TPSA) is 64.1 Å². The lowest BCUT2D eigenvalue weighted by Crippen LogP contribution is -2.38. The fraction of sp³-hybridized carbons (Fsp3) is 0.786. The first-order valence-electron chi connectivity index (χ1n) is 7.06. The first-order chi connectivity index (χ1) is 8.66. The van der Waals surface area contributed by atoms with E-state index < -0.39 is 6.10 Å². The molecule has 0 amide bonds. The smallest absolute Gasteiger partial charge is 0.111 e. The molecular formula is C14H25N3O. The Hall–Kier alpha value is -0.870. The minimum Gasteiger partial charge on any atom is -0.391 e. The zero-order valence-electron chi connectivity index (χ0n) is 11.3. The first-order valence-corrected chi connectivity index (χ1v) is 7.06. The van der Waals surface area contributed by atoms with E-state index in [0.717, 1.165) is 12.2 Å². The standard InChI is InChI=1S/C14H25N3O/c1-17-8-7-16-14(17)10-13(18)12(15)9-11-5-3-2-4-6-11/h7-8,11-13,18H,2-6,9-10,15H2,1H3/t12-,13?/m0/s1. The molecule has 1 saturated carbocycles. The minimum atomic E-state index is -0.479. The van der Waals surface area contributed by atoms with E-state index in [1.807, 2.05) is 17.8 Å². The Morgan fingerprint density at radius 2 is 2.17 bits per heavy atom. The highest BCUT2D eigenvalue weighted by atomic mass is 16.3. The van der Waals surface area contributed by atoms with Crippen LogP contribution in [0.1, 0.15) is 44.3 Å². The quantitative estimate of drug-likeness (QED) is 0.836. The van der Waals surface area contributed by atoms with Crippen molar-refractivity contribution in [2.24, 2.45) is 18.7 Å². The van der Waals surface area contributed by atoms with Crippen LogP contribution in [-0.4, -0.2) is 26.8 Å². The van der Waals surface area contributed by atoms with Crippen molar-refractivity contribution in [3.05, 3.63) is 18.2 Å². The largest absolute Gasteiger partial charge is 0.391 e. The van der Waals surface area contributed by atoms with Crippen LogP contribution in [0.2, 0.25) is 0 Å². The van der Waals surface area contributed by atoms with Gasteiger partial charge in [-0.15, -0.1) is 0 Å². The van der Waals surface area contributed by atoms with E-state index in [1.54, 1.807) is 6.20 Å². The molecule has 1 aromatic rings. The summed E-state index contributed by atoms with van der Waals surface area (Å²) in [4.78, 5) is 4.23. The lowest BCUT2D eigenvalue weighted by molar-refractivity contribution is 0.124. The van der Waals surface area contributed by atoms with E-state index in [1.165, 1.54) is 32.1 Å². The molecular weight excluding hydrogens is 226 g/mol. The van der Waals surface area contributed by atoms with Crippen molar-refractivity contribution in [3.63, 3.8) is 0 Å². The Kier molecular flexibility index (Phi) is 4.78. The van der Waals surface area contributed by atoms with E-state index in [9.17, 15) is 5.11 Å². The monoisotopic (exact) mass is 251 g/mol. The number of aryl methyl sites for hydroxylation is 1. The van der Waals surface area contributed by atoms with Gasteiger partial charge in [-0.3, -0.25) is 0 Å². The molecule has 1 unspecified atom stereocenters. The van der Waals surface area contributed by atoms with Crippen molar-refractivity contribution in [1.29, 1.82) is 0 Å². The molecule has 0 spiro atoms. The molecule has 0 aliphatic heterocycles. The maximum atomic E-state index is 10.2. The van der Waals surface area contributed by atoms with Gasteiger partial charge in [-0.05, 0) is 12.3 Å². The highest BCUT2D eigenvalue weighted by molar-refractivity contribution is 4.95. The molecule has 0 saturated heterocycles. The maximum Gasteiger partial charge on any atom is 0.111 e. The van der Waals surface area contributed by atoms with Crippen LogP contribution in [0.15, 0.2) is 12.4 Å². The van der Waals surface area contributed by atoms with Crippen molar-refractivity contribution in [1.82, 2.24) is 9.55 Å². The van der Waals surface area contributed by atoms with Crippen molar-refractivity contribution >= 4 is 0 Å². The van der Waals surface area contributed by atoms with E-state index >= 15 is 0 Å². The molecule has 1 aromatic heterocycles. The normalized spacial score (nSPS) is 20.8. The lowest BCUT2D eigenvalue weighted by atomic mass is 9.83. The Balaban J connectivity index is 1.80. The summed E-state index contributed by atoms with van der Waals surface area (Å²) < 4.78 is 1.94. The predicted molar refractivity (Wildman–Crippen MR) is 72.1 cm³/mol. The number of imidazole rings is 1. The molecule has 3 N–H and O–H groups in total. The van der Waals surface area contributed by atoms with Gasteiger partial charge in [0.2, 0.25) is 0 Å². The SMILES string of the molecule is Cn1ccnc1CC(O)[C@@H](N)CC1CCCCC1. The molecule has 102 valence electrons. The maximum absolute atomic E-state index is 10.2. The fourth-order valence-corrected chi connectivity index (χ4v) is 2.90. The number of hydrogen-bond acceptors (Lipinski definition) is 3. The molecule has 1 fully saturated rings.